The lowest BCUT2D eigenvalue weighted by molar-refractivity contribution is 0.239. The Morgan fingerprint density at radius 3 is 2.70 bits per heavy atom. The summed E-state index contributed by atoms with van der Waals surface area (Å²) in [5.74, 6) is 5.92. The Morgan fingerprint density at radius 2 is 2.05 bits per heavy atom. The Kier molecular flexibility index (Phi) is 4.64. The molecule has 2 amide bonds. The highest BCUT2D eigenvalue weighted by Gasteiger charge is 2.28. The number of carbonyl (C=O) groups excluding carboxylic acids is 1. The third-order valence-electron chi connectivity index (χ3n) is 2.91. The highest BCUT2D eigenvalue weighted by atomic mass is 32.2. The molecule has 0 spiro atoms. The molecule has 0 radical (unpaired) electrons. The number of carbonyl (C=O) groups is 1. The van der Waals surface area contributed by atoms with Gasteiger partial charge in [-0.15, -0.1) is 0 Å². The minimum absolute atomic E-state index is 0.0239. The van der Waals surface area contributed by atoms with Crippen LogP contribution in [0.4, 0.5) is 4.79 Å². The number of nitrogens with one attached hydrogen (secondary N) is 2. The van der Waals surface area contributed by atoms with E-state index in [0.717, 1.165) is 5.56 Å². The number of benzene rings is 1. The molecule has 106 valence electrons. The van der Waals surface area contributed by atoms with Crippen LogP contribution in [0.1, 0.15) is 12.0 Å². The van der Waals surface area contributed by atoms with E-state index in [1.165, 1.54) is 0 Å². The van der Waals surface area contributed by atoms with E-state index in [2.05, 4.69) is 22.5 Å². The summed E-state index contributed by atoms with van der Waals surface area (Å²) in [5.41, 5.74) is 0.886. The molecule has 0 saturated carbocycles. The highest BCUT2D eigenvalue weighted by molar-refractivity contribution is 7.91. The van der Waals surface area contributed by atoms with E-state index in [1.54, 1.807) is 0 Å². The fraction of sp³-hybridized carbons (Fsp3) is 0.357. The molecule has 0 unspecified atom stereocenters. The van der Waals surface area contributed by atoms with Crippen molar-refractivity contribution in [3.05, 3.63) is 35.9 Å². The van der Waals surface area contributed by atoms with Gasteiger partial charge in [0.05, 0.1) is 18.1 Å². The van der Waals surface area contributed by atoms with E-state index < -0.39 is 9.84 Å². The molecule has 0 aliphatic carbocycles. The topological polar surface area (TPSA) is 75.3 Å². The van der Waals surface area contributed by atoms with Crippen molar-refractivity contribution in [2.24, 2.45) is 0 Å². The molecule has 0 aromatic heterocycles. The van der Waals surface area contributed by atoms with Crippen molar-refractivity contribution in [1.82, 2.24) is 10.6 Å². The second kappa shape index (κ2) is 6.44. The Labute approximate surface area is 118 Å². The zero-order chi connectivity index (χ0) is 14.4. The molecule has 1 heterocycles. The third-order valence-corrected chi connectivity index (χ3v) is 4.68. The van der Waals surface area contributed by atoms with Crippen molar-refractivity contribution < 1.29 is 13.2 Å². The molecule has 1 aromatic rings. The van der Waals surface area contributed by atoms with Gasteiger partial charge in [-0.2, -0.15) is 0 Å². The first kappa shape index (κ1) is 14.4. The molecule has 1 aromatic carbocycles. The number of hydrogen-bond donors (Lipinski definition) is 2. The van der Waals surface area contributed by atoms with Gasteiger partial charge in [-0.25, -0.2) is 13.2 Å². The number of urea groups is 1. The molecule has 1 aliphatic rings. The summed E-state index contributed by atoms with van der Waals surface area (Å²) in [6.07, 6.45) is 0.478. The summed E-state index contributed by atoms with van der Waals surface area (Å²) in [4.78, 5) is 11.5. The molecular weight excluding hydrogens is 276 g/mol. The van der Waals surface area contributed by atoms with Gasteiger partial charge in [-0.05, 0) is 18.6 Å². The summed E-state index contributed by atoms with van der Waals surface area (Å²) in [7, 11) is -2.97. The number of hydrogen-bond acceptors (Lipinski definition) is 3. The minimum Gasteiger partial charge on any atom is -0.334 e. The molecule has 1 fully saturated rings. The first-order valence-corrected chi connectivity index (χ1v) is 8.16. The van der Waals surface area contributed by atoms with Crippen molar-refractivity contribution in [1.29, 1.82) is 0 Å². The fourth-order valence-electron chi connectivity index (χ4n) is 1.94. The minimum atomic E-state index is -2.97. The maximum atomic E-state index is 11.5. The van der Waals surface area contributed by atoms with Gasteiger partial charge >= 0.3 is 6.03 Å². The van der Waals surface area contributed by atoms with Gasteiger partial charge in [-0.3, -0.25) is 0 Å². The second-order valence-corrected chi connectivity index (χ2v) is 6.82. The third kappa shape index (κ3) is 4.59. The van der Waals surface area contributed by atoms with Crippen molar-refractivity contribution in [3.8, 4) is 11.8 Å². The van der Waals surface area contributed by atoms with Crippen LogP contribution in [-0.4, -0.2) is 38.5 Å². The summed E-state index contributed by atoms with van der Waals surface area (Å²) in [6, 6.07) is 8.80. The lowest BCUT2D eigenvalue weighted by Gasteiger charge is -2.10. The smallest absolute Gasteiger partial charge is 0.315 e. The zero-order valence-corrected chi connectivity index (χ0v) is 11.7. The average molecular weight is 292 g/mol. The molecule has 1 atom stereocenters. The molecule has 5 nitrogen and oxygen atoms in total. The maximum absolute atomic E-state index is 11.5. The van der Waals surface area contributed by atoms with Gasteiger partial charge in [0.1, 0.15) is 0 Å². The first-order chi connectivity index (χ1) is 9.55. The number of rotatable bonds is 2. The second-order valence-electron chi connectivity index (χ2n) is 4.59. The van der Waals surface area contributed by atoms with Crippen LogP contribution in [0.15, 0.2) is 30.3 Å². The zero-order valence-electron chi connectivity index (χ0n) is 10.9. The summed E-state index contributed by atoms with van der Waals surface area (Å²) < 4.78 is 22.5. The summed E-state index contributed by atoms with van der Waals surface area (Å²) in [6.45, 7) is 0.222. The first-order valence-electron chi connectivity index (χ1n) is 6.34. The quantitative estimate of drug-likeness (QED) is 0.781. The monoisotopic (exact) mass is 292 g/mol. The van der Waals surface area contributed by atoms with Gasteiger partial charge < -0.3 is 10.6 Å². The standard InChI is InChI=1S/C14H16N2O3S/c17-14(16-13-8-10-20(18,19)11-13)15-9-4-7-12-5-2-1-3-6-12/h1-3,5-6,13H,8-11H2,(H2,15,16,17)/t13-/m1/s1. The van der Waals surface area contributed by atoms with E-state index in [1.807, 2.05) is 30.3 Å². The normalized spacial score (nSPS) is 19.7. The van der Waals surface area contributed by atoms with Crippen LogP contribution >= 0.6 is 0 Å². The molecular formula is C14H16N2O3S. The van der Waals surface area contributed by atoms with Gasteiger partial charge in [0.2, 0.25) is 0 Å². The van der Waals surface area contributed by atoms with Crippen LogP contribution in [0, 0.1) is 11.8 Å². The maximum Gasteiger partial charge on any atom is 0.315 e. The molecule has 2 N–H and O–H groups in total. The lowest BCUT2D eigenvalue weighted by atomic mass is 10.2. The van der Waals surface area contributed by atoms with Crippen LogP contribution in [0.3, 0.4) is 0 Å². The van der Waals surface area contributed by atoms with Crippen LogP contribution in [0.2, 0.25) is 0 Å². The highest BCUT2D eigenvalue weighted by Crippen LogP contribution is 2.10. The van der Waals surface area contributed by atoms with Gasteiger partial charge in [0.25, 0.3) is 0 Å². The van der Waals surface area contributed by atoms with Crippen LogP contribution in [0.25, 0.3) is 0 Å². The van der Waals surface area contributed by atoms with E-state index >= 15 is 0 Å². The Hall–Kier alpha value is -2.00. The Morgan fingerprint density at radius 1 is 1.30 bits per heavy atom. The molecule has 2 rings (SSSR count). The van der Waals surface area contributed by atoms with Crippen LogP contribution in [0.5, 0.6) is 0 Å². The van der Waals surface area contributed by atoms with E-state index in [9.17, 15) is 13.2 Å². The van der Waals surface area contributed by atoms with E-state index in [-0.39, 0.29) is 30.1 Å². The number of sulfone groups is 1. The fourth-order valence-corrected chi connectivity index (χ4v) is 3.61. The average Bonchev–Trinajstić information content (AvgIpc) is 2.75. The molecule has 1 aliphatic heterocycles. The Bertz CT molecular complexity index is 629. The van der Waals surface area contributed by atoms with Crippen LogP contribution in [-0.2, 0) is 9.84 Å². The molecule has 6 heteroatoms. The van der Waals surface area contributed by atoms with Crippen molar-refractivity contribution in [2.45, 2.75) is 12.5 Å². The summed E-state index contributed by atoms with van der Waals surface area (Å²) in [5, 5.41) is 5.22. The predicted molar refractivity (Wildman–Crippen MR) is 76.9 cm³/mol. The van der Waals surface area contributed by atoms with Crippen molar-refractivity contribution >= 4 is 15.9 Å². The SMILES string of the molecule is O=C(NCC#Cc1ccccc1)N[C@@H]1CCS(=O)(=O)C1. The van der Waals surface area contributed by atoms with Gasteiger partial charge in [-0.1, -0.05) is 30.0 Å². The number of amides is 2. The van der Waals surface area contributed by atoms with Crippen molar-refractivity contribution in [3.63, 3.8) is 0 Å². The summed E-state index contributed by atoms with van der Waals surface area (Å²) >= 11 is 0. The molecule has 20 heavy (non-hydrogen) atoms. The van der Waals surface area contributed by atoms with Crippen LogP contribution < -0.4 is 10.6 Å². The van der Waals surface area contributed by atoms with Gasteiger partial charge in [0, 0.05) is 11.6 Å². The Balaban J connectivity index is 1.73. The predicted octanol–water partition coefficient (Wildman–Crippen LogP) is 0.524. The largest absolute Gasteiger partial charge is 0.334 e. The molecule has 1 saturated heterocycles. The van der Waals surface area contributed by atoms with Gasteiger partial charge in [0.15, 0.2) is 9.84 Å². The molecule has 0 bridgehead atoms. The van der Waals surface area contributed by atoms with E-state index in [4.69, 9.17) is 0 Å². The van der Waals surface area contributed by atoms with Crippen molar-refractivity contribution in [2.75, 3.05) is 18.1 Å². The van der Waals surface area contributed by atoms with E-state index in [0.29, 0.717) is 6.42 Å². The lowest BCUT2D eigenvalue weighted by Crippen LogP contribution is -2.42.